The number of benzene rings is 6. The lowest BCUT2D eigenvalue weighted by atomic mass is 10.0. The predicted molar refractivity (Wildman–Crippen MR) is 159 cm³/mol. The van der Waals surface area contributed by atoms with Crippen molar-refractivity contribution >= 4 is 55.7 Å². The number of rotatable bonds is 5. The quantitative estimate of drug-likeness (QED) is 0.229. The van der Waals surface area contributed by atoms with E-state index in [9.17, 15) is 0 Å². The van der Waals surface area contributed by atoms with Crippen LogP contribution in [0.15, 0.2) is 148 Å². The summed E-state index contributed by atoms with van der Waals surface area (Å²) < 4.78 is 0. The summed E-state index contributed by atoms with van der Waals surface area (Å²) in [5.74, 6) is 0. The van der Waals surface area contributed by atoms with Crippen molar-refractivity contribution in [3.05, 3.63) is 133 Å². The van der Waals surface area contributed by atoms with Crippen molar-refractivity contribution in [2.45, 2.75) is 6.17 Å². The molecule has 1 unspecified atom stereocenters. The van der Waals surface area contributed by atoms with Crippen LogP contribution in [-0.4, -0.2) is 0 Å². The van der Waals surface area contributed by atoms with Crippen LogP contribution in [0.4, 0.5) is 34.1 Å². The molecule has 7 rings (SSSR count). The van der Waals surface area contributed by atoms with Crippen molar-refractivity contribution in [2.24, 2.45) is 20.5 Å². The first-order chi connectivity index (χ1) is 19.3. The summed E-state index contributed by atoms with van der Waals surface area (Å²) in [6, 6.07) is 42.5. The highest BCUT2D eigenvalue weighted by Crippen LogP contribution is 2.43. The van der Waals surface area contributed by atoms with Gasteiger partial charge in [-0.25, -0.2) is 0 Å². The van der Waals surface area contributed by atoms with Gasteiger partial charge in [-0.3, -0.25) is 0 Å². The van der Waals surface area contributed by atoms with Gasteiger partial charge in [0.15, 0.2) is 0 Å². The summed E-state index contributed by atoms with van der Waals surface area (Å²) in [5, 5.41) is 29.7. The third-order valence-electron chi connectivity index (χ3n) is 6.92. The second kappa shape index (κ2) is 9.84. The average molecular weight is 505 g/mol. The van der Waals surface area contributed by atoms with E-state index in [1.165, 1.54) is 5.56 Å². The Hall–Kier alpha value is -5.36. The number of nitrogens with one attached hydrogen (secondary N) is 2. The van der Waals surface area contributed by atoms with Gasteiger partial charge in [0.25, 0.3) is 0 Å². The van der Waals surface area contributed by atoms with Crippen LogP contribution in [0.1, 0.15) is 11.7 Å². The van der Waals surface area contributed by atoms with E-state index in [4.69, 9.17) is 10.2 Å². The highest BCUT2D eigenvalue weighted by molar-refractivity contribution is 6.09. The van der Waals surface area contributed by atoms with Gasteiger partial charge in [0.05, 0.1) is 22.7 Å². The molecule has 0 fully saturated rings. The molecule has 6 nitrogen and oxygen atoms in total. The van der Waals surface area contributed by atoms with Gasteiger partial charge < -0.3 is 10.6 Å². The number of azo groups is 2. The molecule has 0 aromatic heterocycles. The van der Waals surface area contributed by atoms with E-state index in [2.05, 4.69) is 69.4 Å². The van der Waals surface area contributed by atoms with Crippen LogP contribution in [0.25, 0.3) is 21.5 Å². The Morgan fingerprint density at radius 1 is 0.410 bits per heavy atom. The van der Waals surface area contributed by atoms with Gasteiger partial charge in [0.1, 0.15) is 6.17 Å². The van der Waals surface area contributed by atoms with Gasteiger partial charge >= 0.3 is 0 Å². The van der Waals surface area contributed by atoms with Gasteiger partial charge in [-0.2, -0.15) is 5.11 Å². The molecule has 1 aliphatic rings. The van der Waals surface area contributed by atoms with E-state index in [1.807, 2.05) is 78.9 Å². The van der Waals surface area contributed by atoms with Gasteiger partial charge in [0.2, 0.25) is 0 Å². The lowest BCUT2D eigenvalue weighted by Crippen LogP contribution is -2.23. The molecular weight excluding hydrogens is 480 g/mol. The molecule has 6 heteroatoms. The van der Waals surface area contributed by atoms with E-state index in [0.717, 1.165) is 55.7 Å². The molecule has 2 N–H and O–H groups in total. The zero-order chi connectivity index (χ0) is 26.0. The molecule has 1 aliphatic heterocycles. The molecule has 0 amide bonds. The van der Waals surface area contributed by atoms with Crippen molar-refractivity contribution in [3.63, 3.8) is 0 Å². The predicted octanol–water partition coefficient (Wildman–Crippen LogP) is 10.4. The minimum Gasteiger partial charge on any atom is -0.361 e. The van der Waals surface area contributed by atoms with Crippen LogP contribution in [0.5, 0.6) is 0 Å². The summed E-state index contributed by atoms with van der Waals surface area (Å²) in [7, 11) is 0. The monoisotopic (exact) mass is 504 g/mol. The van der Waals surface area contributed by atoms with E-state index < -0.39 is 0 Å². The lowest BCUT2D eigenvalue weighted by Gasteiger charge is -2.30. The van der Waals surface area contributed by atoms with Gasteiger partial charge in [-0.15, -0.1) is 15.3 Å². The number of nitrogens with zero attached hydrogens (tertiary/aromatic N) is 4. The summed E-state index contributed by atoms with van der Waals surface area (Å²) in [6.07, 6.45) is 0.000644. The first-order valence-electron chi connectivity index (χ1n) is 12.9. The van der Waals surface area contributed by atoms with Crippen molar-refractivity contribution in [1.29, 1.82) is 0 Å². The molecule has 1 atom stereocenters. The molecule has 0 saturated carbocycles. The van der Waals surface area contributed by atoms with Crippen LogP contribution in [0.2, 0.25) is 0 Å². The molecular formula is C33H24N6. The van der Waals surface area contributed by atoms with E-state index in [1.54, 1.807) is 0 Å². The fourth-order valence-electron chi connectivity index (χ4n) is 5.03. The molecule has 0 bridgehead atoms. The fourth-order valence-corrected chi connectivity index (χ4v) is 5.03. The lowest BCUT2D eigenvalue weighted by molar-refractivity contribution is 0.897. The summed E-state index contributed by atoms with van der Waals surface area (Å²) in [5.41, 5.74) is 6.53. The van der Waals surface area contributed by atoms with Crippen LogP contribution < -0.4 is 10.6 Å². The maximum Gasteiger partial charge on any atom is 0.123 e. The van der Waals surface area contributed by atoms with Crippen molar-refractivity contribution in [3.8, 4) is 0 Å². The minimum absolute atomic E-state index is 0.000644. The maximum absolute atomic E-state index is 4.71. The summed E-state index contributed by atoms with van der Waals surface area (Å²) >= 11 is 0. The Morgan fingerprint density at radius 2 is 0.923 bits per heavy atom. The zero-order valence-electron chi connectivity index (χ0n) is 21.0. The largest absolute Gasteiger partial charge is 0.361 e. The normalized spacial score (nSPS) is 14.6. The van der Waals surface area contributed by atoms with Gasteiger partial charge in [0, 0.05) is 32.9 Å². The van der Waals surface area contributed by atoms with Crippen LogP contribution in [0.3, 0.4) is 0 Å². The van der Waals surface area contributed by atoms with Crippen LogP contribution >= 0.6 is 0 Å². The van der Waals surface area contributed by atoms with Crippen LogP contribution in [-0.2, 0) is 0 Å². The van der Waals surface area contributed by atoms with Crippen molar-refractivity contribution in [1.82, 2.24) is 0 Å². The SMILES string of the molecule is c1ccc(N=Nc2ccc(N=Nc3ccc4c5c(cccc35)NC(c3ccccc3)N4)c3ccccc23)cc1. The highest BCUT2D eigenvalue weighted by Gasteiger charge is 2.21. The Kier molecular flexibility index (Phi) is 5.75. The van der Waals surface area contributed by atoms with Crippen LogP contribution in [0, 0.1) is 0 Å². The van der Waals surface area contributed by atoms with Crippen molar-refractivity contribution < 1.29 is 0 Å². The Balaban J connectivity index is 1.23. The Bertz CT molecular complexity index is 1850. The van der Waals surface area contributed by atoms with Gasteiger partial charge in [-0.1, -0.05) is 84.9 Å². The van der Waals surface area contributed by atoms with E-state index in [-0.39, 0.29) is 6.17 Å². The number of anilines is 2. The molecule has 186 valence electrons. The van der Waals surface area contributed by atoms with Crippen molar-refractivity contribution in [2.75, 3.05) is 10.6 Å². The molecule has 0 spiro atoms. The molecule has 6 aromatic carbocycles. The maximum atomic E-state index is 4.71. The first-order valence-corrected chi connectivity index (χ1v) is 12.9. The number of hydrogen-bond acceptors (Lipinski definition) is 6. The summed E-state index contributed by atoms with van der Waals surface area (Å²) in [6.45, 7) is 0. The highest BCUT2D eigenvalue weighted by atomic mass is 15.2. The van der Waals surface area contributed by atoms with E-state index >= 15 is 0 Å². The second-order valence-electron chi connectivity index (χ2n) is 9.38. The molecule has 1 heterocycles. The zero-order valence-corrected chi connectivity index (χ0v) is 21.0. The fraction of sp³-hybridized carbons (Fsp3) is 0.0303. The molecule has 0 aliphatic carbocycles. The average Bonchev–Trinajstić information content (AvgIpc) is 3.01. The standard InChI is InChI=1S/C33H24N6/c1-3-10-22(11-4-1)33-34-30-17-9-16-26-29(20-21-31(35-33)32(26)30)39-38-28-19-18-27(24-14-7-8-15-25(24)28)37-36-23-12-5-2-6-13-23/h1-21,33-35H. The molecule has 0 radical (unpaired) electrons. The molecule has 0 saturated heterocycles. The smallest absolute Gasteiger partial charge is 0.123 e. The van der Waals surface area contributed by atoms with E-state index in [0.29, 0.717) is 0 Å². The third-order valence-corrected chi connectivity index (χ3v) is 6.92. The topological polar surface area (TPSA) is 73.5 Å². The number of hydrogen-bond donors (Lipinski definition) is 2. The van der Waals surface area contributed by atoms with Gasteiger partial charge in [-0.05, 0) is 48.0 Å². The summed E-state index contributed by atoms with van der Waals surface area (Å²) in [4.78, 5) is 0. The molecule has 39 heavy (non-hydrogen) atoms. The molecule has 6 aromatic rings. The minimum atomic E-state index is 0.000644. The second-order valence-corrected chi connectivity index (χ2v) is 9.38. The Labute approximate surface area is 225 Å². The Morgan fingerprint density at radius 3 is 1.62 bits per heavy atom. The third kappa shape index (κ3) is 4.38. The number of fused-ring (bicyclic) bond motifs is 1. The first kappa shape index (κ1) is 22.8.